The molecule has 0 aliphatic carbocycles. The molecule has 2 amide bonds. The number of amides is 2. The average molecular weight is 329 g/mol. The first-order valence-electron chi connectivity index (χ1n) is 8.20. The summed E-state index contributed by atoms with van der Waals surface area (Å²) in [6, 6.07) is 3.77. The van der Waals surface area contributed by atoms with Crippen LogP contribution in [-0.2, 0) is 13.1 Å². The van der Waals surface area contributed by atoms with Gasteiger partial charge in [0.15, 0.2) is 0 Å². The summed E-state index contributed by atoms with van der Waals surface area (Å²) < 4.78 is 7.94. The molecule has 1 N–H and O–H groups in total. The number of carbonyl (C=O) groups is 1. The fraction of sp³-hybridized carbons (Fsp3) is 0.471. The number of hydrogen-bond acceptors (Lipinski definition) is 4. The van der Waals surface area contributed by atoms with Gasteiger partial charge in [0.2, 0.25) is 0 Å². The maximum Gasteiger partial charge on any atom is 0.318 e. The molecule has 3 heterocycles. The Bertz CT molecular complexity index is 671. The highest BCUT2D eigenvalue weighted by molar-refractivity contribution is 5.74. The summed E-state index contributed by atoms with van der Waals surface area (Å²) in [5, 5.41) is 2.96. The van der Waals surface area contributed by atoms with Crippen LogP contribution in [0.5, 0.6) is 5.75 Å². The molecular formula is C17H23N5O2. The van der Waals surface area contributed by atoms with Crippen molar-refractivity contribution in [2.45, 2.75) is 33.0 Å². The molecule has 128 valence electrons. The van der Waals surface area contributed by atoms with Crippen LogP contribution >= 0.6 is 0 Å². The van der Waals surface area contributed by atoms with Crippen molar-refractivity contribution in [2.24, 2.45) is 5.92 Å². The number of ether oxygens (including phenoxy) is 1. The van der Waals surface area contributed by atoms with Crippen molar-refractivity contribution in [3.63, 3.8) is 0 Å². The van der Waals surface area contributed by atoms with E-state index in [1.165, 1.54) is 0 Å². The van der Waals surface area contributed by atoms with E-state index in [2.05, 4.69) is 19.9 Å². The van der Waals surface area contributed by atoms with Crippen LogP contribution in [0.2, 0.25) is 0 Å². The fourth-order valence-electron chi connectivity index (χ4n) is 2.79. The van der Waals surface area contributed by atoms with Crippen molar-refractivity contribution in [3.05, 3.63) is 42.7 Å². The molecular weight excluding hydrogens is 306 g/mol. The zero-order valence-electron chi connectivity index (χ0n) is 14.1. The minimum absolute atomic E-state index is 0.0622. The maximum atomic E-state index is 12.4. The van der Waals surface area contributed by atoms with Gasteiger partial charge in [0.1, 0.15) is 11.6 Å². The van der Waals surface area contributed by atoms with Gasteiger partial charge in [-0.05, 0) is 26.0 Å². The van der Waals surface area contributed by atoms with Gasteiger partial charge < -0.3 is 19.5 Å². The second kappa shape index (κ2) is 7.33. The minimum Gasteiger partial charge on any atom is -0.492 e. The van der Waals surface area contributed by atoms with E-state index in [-0.39, 0.29) is 18.0 Å². The summed E-state index contributed by atoms with van der Waals surface area (Å²) in [6.07, 6.45) is 7.14. The van der Waals surface area contributed by atoms with Gasteiger partial charge in [0.05, 0.1) is 19.3 Å². The quantitative estimate of drug-likeness (QED) is 0.930. The molecule has 0 aromatic carbocycles. The molecule has 0 saturated heterocycles. The lowest BCUT2D eigenvalue weighted by molar-refractivity contribution is 0.164. The van der Waals surface area contributed by atoms with Crippen molar-refractivity contribution in [3.8, 4) is 5.75 Å². The number of pyridine rings is 1. The van der Waals surface area contributed by atoms with Gasteiger partial charge in [-0.25, -0.2) is 9.78 Å². The molecule has 2 aromatic heterocycles. The molecule has 7 nitrogen and oxygen atoms in total. The number of imidazole rings is 1. The number of rotatable bonds is 4. The van der Waals surface area contributed by atoms with E-state index >= 15 is 0 Å². The first kappa shape index (κ1) is 16.3. The van der Waals surface area contributed by atoms with Gasteiger partial charge in [-0.15, -0.1) is 0 Å². The summed E-state index contributed by atoms with van der Waals surface area (Å²) in [7, 11) is 0. The third-order valence-electron chi connectivity index (χ3n) is 3.89. The van der Waals surface area contributed by atoms with Gasteiger partial charge >= 0.3 is 6.03 Å². The van der Waals surface area contributed by atoms with Gasteiger partial charge in [0.25, 0.3) is 0 Å². The topological polar surface area (TPSA) is 72.3 Å². The van der Waals surface area contributed by atoms with Crippen LogP contribution in [0.4, 0.5) is 4.79 Å². The molecule has 0 saturated carbocycles. The molecule has 1 aliphatic heterocycles. The number of aromatic nitrogens is 3. The van der Waals surface area contributed by atoms with Gasteiger partial charge in [-0.2, -0.15) is 0 Å². The van der Waals surface area contributed by atoms with Crippen LogP contribution in [0.15, 0.2) is 36.9 Å². The molecule has 3 rings (SSSR count). The van der Waals surface area contributed by atoms with E-state index in [0.717, 1.165) is 18.1 Å². The van der Waals surface area contributed by atoms with Crippen molar-refractivity contribution in [1.29, 1.82) is 0 Å². The molecule has 24 heavy (non-hydrogen) atoms. The Morgan fingerprint density at radius 1 is 1.42 bits per heavy atom. The molecule has 1 atom stereocenters. The van der Waals surface area contributed by atoms with Crippen LogP contribution in [0, 0.1) is 5.92 Å². The third kappa shape index (κ3) is 4.04. The summed E-state index contributed by atoms with van der Waals surface area (Å²) in [5.41, 5.74) is 0. The predicted molar refractivity (Wildman–Crippen MR) is 89.5 cm³/mol. The Balaban J connectivity index is 1.70. The lowest BCUT2D eigenvalue weighted by atomic mass is 10.1. The van der Waals surface area contributed by atoms with E-state index in [0.29, 0.717) is 19.7 Å². The first-order valence-corrected chi connectivity index (χ1v) is 8.20. The Morgan fingerprint density at radius 2 is 2.29 bits per heavy atom. The molecule has 0 fully saturated rings. The van der Waals surface area contributed by atoms with Crippen LogP contribution in [0.1, 0.15) is 19.7 Å². The largest absolute Gasteiger partial charge is 0.492 e. The van der Waals surface area contributed by atoms with E-state index in [4.69, 9.17) is 4.74 Å². The van der Waals surface area contributed by atoms with E-state index < -0.39 is 0 Å². The molecule has 2 aromatic rings. The lowest BCUT2D eigenvalue weighted by Crippen LogP contribution is -2.44. The fourth-order valence-corrected chi connectivity index (χ4v) is 2.79. The second-order valence-corrected chi connectivity index (χ2v) is 6.35. The van der Waals surface area contributed by atoms with Crippen LogP contribution in [0.3, 0.4) is 0 Å². The first-order chi connectivity index (χ1) is 11.6. The van der Waals surface area contributed by atoms with Crippen LogP contribution in [-0.4, -0.2) is 44.7 Å². The Hall–Kier alpha value is -2.57. The minimum atomic E-state index is -0.0622. The SMILES string of the molecule is CC(C)NC(=O)N1Cc2nccn2C[C@H](COc2cccnc2)C1. The molecule has 0 radical (unpaired) electrons. The van der Waals surface area contributed by atoms with Crippen molar-refractivity contribution in [1.82, 2.24) is 24.8 Å². The van der Waals surface area contributed by atoms with Crippen LogP contribution < -0.4 is 10.1 Å². The highest BCUT2D eigenvalue weighted by atomic mass is 16.5. The zero-order valence-corrected chi connectivity index (χ0v) is 14.1. The summed E-state index contributed by atoms with van der Waals surface area (Å²) in [4.78, 5) is 22.7. The second-order valence-electron chi connectivity index (χ2n) is 6.35. The highest BCUT2D eigenvalue weighted by Crippen LogP contribution is 2.17. The molecule has 0 bridgehead atoms. The van der Waals surface area contributed by atoms with Gasteiger partial charge in [-0.1, -0.05) is 0 Å². The van der Waals surface area contributed by atoms with Crippen molar-refractivity contribution < 1.29 is 9.53 Å². The zero-order chi connectivity index (χ0) is 16.9. The predicted octanol–water partition coefficient (Wildman–Crippen LogP) is 1.91. The number of fused-ring (bicyclic) bond motifs is 1. The van der Waals surface area contributed by atoms with Gasteiger partial charge in [0, 0.05) is 43.6 Å². The standard InChI is InChI=1S/C17H23N5O2/c1-13(2)20-17(23)22-10-14(9-21-7-6-19-16(21)11-22)12-24-15-4-3-5-18-8-15/h3-8,13-14H,9-12H2,1-2H3,(H,20,23)/t14-/m0/s1. The number of carbonyl (C=O) groups excluding carboxylic acids is 1. The number of nitrogens with zero attached hydrogens (tertiary/aromatic N) is 4. The highest BCUT2D eigenvalue weighted by Gasteiger charge is 2.26. The Labute approximate surface area is 141 Å². The van der Waals surface area contributed by atoms with E-state index in [9.17, 15) is 4.79 Å². The normalized spacial score (nSPS) is 17.3. The molecule has 0 unspecified atom stereocenters. The smallest absolute Gasteiger partial charge is 0.318 e. The number of urea groups is 1. The Kier molecular flexibility index (Phi) is 4.98. The van der Waals surface area contributed by atoms with E-state index in [1.54, 1.807) is 18.6 Å². The summed E-state index contributed by atoms with van der Waals surface area (Å²) >= 11 is 0. The Morgan fingerprint density at radius 3 is 3.04 bits per heavy atom. The lowest BCUT2D eigenvalue weighted by Gasteiger charge is -2.25. The molecule has 1 aliphatic rings. The number of nitrogens with one attached hydrogen (secondary N) is 1. The number of hydrogen-bond donors (Lipinski definition) is 1. The van der Waals surface area contributed by atoms with Crippen LogP contribution in [0.25, 0.3) is 0 Å². The molecule has 7 heteroatoms. The van der Waals surface area contributed by atoms with E-state index in [1.807, 2.05) is 37.1 Å². The third-order valence-corrected chi connectivity index (χ3v) is 3.89. The van der Waals surface area contributed by atoms with Crippen molar-refractivity contribution in [2.75, 3.05) is 13.2 Å². The summed E-state index contributed by atoms with van der Waals surface area (Å²) in [6.45, 7) is 6.35. The van der Waals surface area contributed by atoms with Crippen molar-refractivity contribution >= 4 is 6.03 Å². The summed E-state index contributed by atoms with van der Waals surface area (Å²) in [5.74, 6) is 1.82. The maximum absolute atomic E-state index is 12.4. The monoisotopic (exact) mass is 329 g/mol. The molecule has 0 spiro atoms. The van der Waals surface area contributed by atoms with Gasteiger partial charge in [-0.3, -0.25) is 4.98 Å². The average Bonchev–Trinajstić information content (AvgIpc) is 2.91.